The SMILES string of the molecule is CC(=O)N(C)C1=C(C)C=CC(C)(C)C=C1. The van der Waals surface area contributed by atoms with E-state index < -0.39 is 0 Å². The van der Waals surface area contributed by atoms with Gasteiger partial charge in [-0.2, -0.15) is 0 Å². The van der Waals surface area contributed by atoms with Gasteiger partial charge in [-0.25, -0.2) is 0 Å². The van der Waals surface area contributed by atoms with Gasteiger partial charge in [0, 0.05) is 25.1 Å². The van der Waals surface area contributed by atoms with Gasteiger partial charge in [-0.05, 0) is 18.6 Å². The Labute approximate surface area is 92.0 Å². The predicted molar refractivity (Wildman–Crippen MR) is 63.2 cm³/mol. The van der Waals surface area contributed by atoms with Crippen LogP contribution in [0.15, 0.2) is 35.6 Å². The van der Waals surface area contributed by atoms with E-state index in [4.69, 9.17) is 0 Å². The summed E-state index contributed by atoms with van der Waals surface area (Å²) in [5, 5.41) is 0. The van der Waals surface area contributed by atoms with Gasteiger partial charge in [0.1, 0.15) is 0 Å². The summed E-state index contributed by atoms with van der Waals surface area (Å²) in [6.07, 6.45) is 8.38. The summed E-state index contributed by atoms with van der Waals surface area (Å²) in [6.45, 7) is 7.89. The van der Waals surface area contributed by atoms with Crippen LogP contribution in [0.4, 0.5) is 0 Å². The smallest absolute Gasteiger partial charge is 0.223 e. The minimum absolute atomic E-state index is 0.0562. The number of amides is 1. The highest BCUT2D eigenvalue weighted by molar-refractivity contribution is 5.76. The first-order valence-electron chi connectivity index (χ1n) is 5.17. The molecular weight excluding hydrogens is 186 g/mol. The van der Waals surface area contributed by atoms with Crippen LogP contribution in [-0.4, -0.2) is 17.9 Å². The molecule has 0 radical (unpaired) electrons. The van der Waals surface area contributed by atoms with Gasteiger partial charge in [-0.3, -0.25) is 4.79 Å². The van der Waals surface area contributed by atoms with E-state index in [-0.39, 0.29) is 11.3 Å². The van der Waals surface area contributed by atoms with Crippen LogP contribution < -0.4 is 0 Å². The molecule has 1 aliphatic rings. The lowest BCUT2D eigenvalue weighted by molar-refractivity contribution is -0.125. The molecule has 0 aliphatic heterocycles. The Morgan fingerprint density at radius 3 is 2.33 bits per heavy atom. The quantitative estimate of drug-likeness (QED) is 0.644. The number of rotatable bonds is 1. The summed E-state index contributed by atoms with van der Waals surface area (Å²) in [7, 11) is 1.80. The largest absolute Gasteiger partial charge is 0.315 e. The molecule has 15 heavy (non-hydrogen) atoms. The number of allylic oxidation sites excluding steroid dienone is 5. The molecule has 0 fully saturated rings. The first-order valence-corrected chi connectivity index (χ1v) is 5.17. The first kappa shape index (κ1) is 11.8. The van der Waals surface area contributed by atoms with Crippen molar-refractivity contribution < 1.29 is 4.79 Å². The van der Waals surface area contributed by atoms with Crippen molar-refractivity contribution >= 4 is 5.91 Å². The number of hydrogen-bond acceptors (Lipinski definition) is 1. The fourth-order valence-corrected chi connectivity index (χ4v) is 1.45. The third kappa shape index (κ3) is 2.82. The number of likely N-dealkylation sites (N-methyl/N-ethyl adjacent to an activating group) is 1. The zero-order valence-electron chi connectivity index (χ0n) is 10.2. The molecule has 0 N–H and O–H groups in total. The topological polar surface area (TPSA) is 20.3 Å². The molecule has 1 aliphatic carbocycles. The van der Waals surface area contributed by atoms with Crippen molar-refractivity contribution in [3.8, 4) is 0 Å². The Bertz CT molecular complexity index is 359. The fourth-order valence-electron chi connectivity index (χ4n) is 1.45. The van der Waals surface area contributed by atoms with Crippen molar-refractivity contribution in [2.45, 2.75) is 27.7 Å². The normalized spacial score (nSPS) is 19.0. The Morgan fingerprint density at radius 1 is 1.27 bits per heavy atom. The van der Waals surface area contributed by atoms with Crippen LogP contribution in [-0.2, 0) is 4.79 Å². The highest BCUT2D eigenvalue weighted by Gasteiger charge is 2.15. The molecule has 0 spiro atoms. The summed E-state index contributed by atoms with van der Waals surface area (Å²) in [4.78, 5) is 13.0. The highest BCUT2D eigenvalue weighted by atomic mass is 16.2. The Kier molecular flexibility index (Phi) is 3.18. The van der Waals surface area contributed by atoms with Crippen molar-refractivity contribution in [2.24, 2.45) is 5.41 Å². The maximum atomic E-state index is 11.3. The van der Waals surface area contributed by atoms with Crippen molar-refractivity contribution in [1.29, 1.82) is 0 Å². The van der Waals surface area contributed by atoms with Gasteiger partial charge in [-0.15, -0.1) is 0 Å². The maximum absolute atomic E-state index is 11.3. The predicted octanol–water partition coefficient (Wildman–Crippen LogP) is 2.89. The molecule has 0 aromatic carbocycles. The highest BCUT2D eigenvalue weighted by Crippen LogP contribution is 2.26. The molecule has 2 heteroatoms. The molecule has 0 saturated carbocycles. The second kappa shape index (κ2) is 4.05. The Hall–Kier alpha value is -1.31. The van der Waals surface area contributed by atoms with E-state index >= 15 is 0 Å². The molecule has 0 heterocycles. The van der Waals surface area contributed by atoms with E-state index in [1.54, 1.807) is 18.9 Å². The number of nitrogens with zero attached hydrogens (tertiary/aromatic N) is 1. The van der Waals surface area contributed by atoms with Crippen LogP contribution in [0.2, 0.25) is 0 Å². The van der Waals surface area contributed by atoms with Crippen LogP contribution in [0, 0.1) is 5.41 Å². The minimum Gasteiger partial charge on any atom is -0.315 e. The molecule has 0 bridgehead atoms. The second-order valence-electron chi connectivity index (χ2n) is 4.63. The van der Waals surface area contributed by atoms with Crippen LogP contribution in [0.25, 0.3) is 0 Å². The number of carbonyl (C=O) groups excluding carboxylic acids is 1. The molecule has 82 valence electrons. The minimum atomic E-state index is 0.0562. The molecule has 0 atom stereocenters. The molecule has 0 aromatic rings. The van der Waals surface area contributed by atoms with Crippen molar-refractivity contribution in [1.82, 2.24) is 4.90 Å². The summed E-state index contributed by atoms with van der Waals surface area (Å²) in [6, 6.07) is 0. The van der Waals surface area contributed by atoms with Crippen LogP contribution in [0.3, 0.4) is 0 Å². The summed E-state index contributed by atoms with van der Waals surface area (Å²) < 4.78 is 0. The van der Waals surface area contributed by atoms with E-state index in [1.807, 2.05) is 13.0 Å². The lowest BCUT2D eigenvalue weighted by Gasteiger charge is -2.18. The van der Waals surface area contributed by atoms with E-state index in [1.165, 1.54) is 0 Å². The maximum Gasteiger partial charge on any atom is 0.223 e. The third-order valence-electron chi connectivity index (χ3n) is 2.67. The first-order chi connectivity index (χ1) is 6.83. The van der Waals surface area contributed by atoms with Gasteiger partial charge in [0.05, 0.1) is 0 Å². The molecular formula is C13H19NO. The van der Waals surface area contributed by atoms with Gasteiger partial charge in [-0.1, -0.05) is 32.1 Å². The number of carbonyl (C=O) groups is 1. The molecule has 0 aromatic heterocycles. The standard InChI is InChI=1S/C13H19NO/c1-10-6-8-13(3,4)9-7-12(10)14(5)11(2)15/h6-9H,1-5H3. The fraction of sp³-hybridized carbons (Fsp3) is 0.462. The summed E-state index contributed by atoms with van der Waals surface area (Å²) in [5.74, 6) is 0.0575. The second-order valence-corrected chi connectivity index (χ2v) is 4.63. The van der Waals surface area contributed by atoms with E-state index in [9.17, 15) is 4.79 Å². The number of hydrogen-bond donors (Lipinski definition) is 0. The van der Waals surface area contributed by atoms with E-state index in [0.717, 1.165) is 11.3 Å². The zero-order valence-corrected chi connectivity index (χ0v) is 10.2. The summed E-state index contributed by atoms with van der Waals surface area (Å²) >= 11 is 0. The van der Waals surface area contributed by atoms with Crippen molar-refractivity contribution in [3.63, 3.8) is 0 Å². The average Bonchev–Trinajstić information content (AvgIpc) is 2.26. The van der Waals surface area contributed by atoms with Gasteiger partial charge in [0.25, 0.3) is 0 Å². The zero-order chi connectivity index (χ0) is 11.6. The lowest BCUT2D eigenvalue weighted by Crippen LogP contribution is -2.22. The van der Waals surface area contributed by atoms with E-state index in [0.29, 0.717) is 0 Å². The third-order valence-corrected chi connectivity index (χ3v) is 2.67. The molecule has 1 amide bonds. The molecule has 0 unspecified atom stereocenters. The van der Waals surface area contributed by atoms with Crippen LogP contribution in [0.1, 0.15) is 27.7 Å². The van der Waals surface area contributed by atoms with Gasteiger partial charge >= 0.3 is 0 Å². The molecule has 0 saturated heterocycles. The monoisotopic (exact) mass is 205 g/mol. The van der Waals surface area contributed by atoms with Crippen molar-refractivity contribution in [2.75, 3.05) is 7.05 Å². The van der Waals surface area contributed by atoms with Gasteiger partial charge in [0.15, 0.2) is 0 Å². The molecule has 1 rings (SSSR count). The van der Waals surface area contributed by atoms with Crippen LogP contribution in [0.5, 0.6) is 0 Å². The van der Waals surface area contributed by atoms with Gasteiger partial charge in [0.2, 0.25) is 5.91 Å². The Balaban J connectivity index is 3.09. The van der Waals surface area contributed by atoms with Crippen molar-refractivity contribution in [3.05, 3.63) is 35.6 Å². The van der Waals surface area contributed by atoms with E-state index in [2.05, 4.69) is 32.1 Å². The summed E-state index contributed by atoms with van der Waals surface area (Å²) in [5.41, 5.74) is 2.15. The Morgan fingerprint density at radius 2 is 1.80 bits per heavy atom. The van der Waals surface area contributed by atoms with Crippen LogP contribution >= 0.6 is 0 Å². The molecule has 2 nitrogen and oxygen atoms in total. The lowest BCUT2D eigenvalue weighted by atomic mass is 9.93. The van der Waals surface area contributed by atoms with Gasteiger partial charge < -0.3 is 4.90 Å². The average molecular weight is 205 g/mol.